The molecule has 4 rings (SSSR count). The van der Waals surface area contributed by atoms with E-state index in [2.05, 4.69) is 35.0 Å². The number of hydrogen-bond acceptors (Lipinski definition) is 4. The molecular formula is C27H34N2O3. The molecule has 3 atom stereocenters. The molecule has 0 bridgehead atoms. The summed E-state index contributed by atoms with van der Waals surface area (Å²) in [4.78, 5) is 15.3. The van der Waals surface area contributed by atoms with Crippen molar-refractivity contribution in [3.8, 4) is 5.75 Å². The van der Waals surface area contributed by atoms with Crippen LogP contribution in [-0.2, 0) is 10.2 Å². The molecule has 170 valence electrons. The second-order valence-corrected chi connectivity index (χ2v) is 9.07. The summed E-state index contributed by atoms with van der Waals surface area (Å²) < 4.78 is 12.0. The molecule has 1 aliphatic carbocycles. The minimum absolute atomic E-state index is 0.00889. The number of carbonyl (C=O) groups excluding carboxylic acids is 1. The lowest BCUT2D eigenvalue weighted by Crippen LogP contribution is -2.67. The van der Waals surface area contributed by atoms with Gasteiger partial charge in [0.1, 0.15) is 5.75 Å². The number of nitrogens with zero attached hydrogens (tertiary/aromatic N) is 1. The first kappa shape index (κ1) is 22.6. The number of rotatable bonds is 7. The fraction of sp³-hybridized carbons (Fsp3) is 0.444. The Hall–Kier alpha value is -2.63. The third-order valence-electron chi connectivity index (χ3n) is 7.47. The molecular weight excluding hydrogens is 400 g/mol. The lowest BCUT2D eigenvalue weighted by molar-refractivity contribution is -0.146. The normalized spacial score (nSPS) is 27.9. The topological polar surface area (TPSA) is 50.8 Å². The molecule has 2 aliphatic rings. The second-order valence-electron chi connectivity index (χ2n) is 9.07. The van der Waals surface area contributed by atoms with Crippen molar-refractivity contribution in [1.29, 1.82) is 0 Å². The molecule has 32 heavy (non-hydrogen) atoms. The number of nitrogens with one attached hydrogen (secondary N) is 1. The summed E-state index contributed by atoms with van der Waals surface area (Å²) >= 11 is 0. The SMILES string of the molecule is C=CCN1CC[C@@]2(c3cccc(OC)c3)C[C@@H](NC(=O)c3ccccc3)CC[C@]2(OC)C1. The molecule has 1 heterocycles. The van der Waals surface area contributed by atoms with Crippen molar-refractivity contribution in [1.82, 2.24) is 10.2 Å². The fourth-order valence-electron chi connectivity index (χ4n) is 5.83. The van der Waals surface area contributed by atoms with Crippen molar-refractivity contribution >= 4 is 5.91 Å². The van der Waals surface area contributed by atoms with Crippen molar-refractivity contribution in [2.75, 3.05) is 33.9 Å². The van der Waals surface area contributed by atoms with Crippen LogP contribution in [0.3, 0.4) is 0 Å². The molecule has 1 amide bonds. The van der Waals surface area contributed by atoms with E-state index in [1.54, 1.807) is 7.11 Å². The number of methoxy groups -OCH3 is 2. The van der Waals surface area contributed by atoms with Gasteiger partial charge in [-0.15, -0.1) is 6.58 Å². The summed E-state index contributed by atoms with van der Waals surface area (Å²) in [5.74, 6) is 0.844. The summed E-state index contributed by atoms with van der Waals surface area (Å²) in [6, 6.07) is 17.9. The maximum absolute atomic E-state index is 12.9. The van der Waals surface area contributed by atoms with Gasteiger partial charge in [-0.25, -0.2) is 0 Å². The number of ether oxygens (including phenoxy) is 2. The van der Waals surface area contributed by atoms with Crippen molar-refractivity contribution < 1.29 is 14.3 Å². The van der Waals surface area contributed by atoms with E-state index in [4.69, 9.17) is 9.47 Å². The van der Waals surface area contributed by atoms with Gasteiger partial charge in [-0.05, 0) is 62.1 Å². The predicted molar refractivity (Wildman–Crippen MR) is 127 cm³/mol. The van der Waals surface area contributed by atoms with Crippen LogP contribution in [0.15, 0.2) is 67.3 Å². The number of likely N-dealkylation sites (tertiary alicyclic amines) is 1. The van der Waals surface area contributed by atoms with E-state index in [1.165, 1.54) is 5.56 Å². The summed E-state index contributed by atoms with van der Waals surface area (Å²) in [7, 11) is 3.55. The van der Waals surface area contributed by atoms with Crippen molar-refractivity contribution in [3.05, 3.63) is 78.4 Å². The molecule has 5 heteroatoms. The highest BCUT2D eigenvalue weighted by atomic mass is 16.5. The Kier molecular flexibility index (Phi) is 6.68. The summed E-state index contributed by atoms with van der Waals surface area (Å²) in [5.41, 5.74) is 1.40. The standard InChI is InChI=1S/C27H34N2O3/c1-4-16-29-17-15-26(22-11-8-12-24(18-22)31-2)19-23(13-14-27(26,20-29)32-3)28-25(30)21-9-6-5-7-10-21/h4-12,18,23H,1,13-17,19-20H2,2-3H3,(H,28,30)/t23-,26-,27-/m0/s1. The van der Waals surface area contributed by atoms with Gasteiger partial charge in [-0.1, -0.05) is 36.4 Å². The van der Waals surface area contributed by atoms with Crippen molar-refractivity contribution in [2.45, 2.75) is 42.7 Å². The van der Waals surface area contributed by atoms with E-state index in [1.807, 2.05) is 49.6 Å². The molecule has 2 aromatic rings. The quantitative estimate of drug-likeness (QED) is 0.664. The summed E-state index contributed by atoms with van der Waals surface area (Å²) in [5, 5.41) is 3.31. The number of fused-ring (bicyclic) bond motifs is 1. The predicted octanol–water partition coefficient (Wildman–Crippen LogP) is 4.19. The van der Waals surface area contributed by atoms with Crippen LogP contribution in [0.1, 0.15) is 41.6 Å². The Morgan fingerprint density at radius 2 is 2.00 bits per heavy atom. The first-order valence-corrected chi connectivity index (χ1v) is 11.4. The second kappa shape index (κ2) is 9.47. The van der Waals surface area contributed by atoms with Gasteiger partial charge in [0.05, 0.1) is 12.7 Å². The van der Waals surface area contributed by atoms with Crippen LogP contribution in [0.25, 0.3) is 0 Å². The number of benzene rings is 2. The minimum Gasteiger partial charge on any atom is -0.497 e. The van der Waals surface area contributed by atoms with Gasteiger partial charge in [0.2, 0.25) is 0 Å². The zero-order valence-electron chi connectivity index (χ0n) is 19.2. The van der Waals surface area contributed by atoms with Gasteiger partial charge in [0.25, 0.3) is 5.91 Å². The van der Waals surface area contributed by atoms with Crippen molar-refractivity contribution in [2.24, 2.45) is 0 Å². The highest BCUT2D eigenvalue weighted by Gasteiger charge is 2.58. The van der Waals surface area contributed by atoms with E-state index in [-0.39, 0.29) is 23.0 Å². The molecule has 1 aliphatic heterocycles. The number of carbonyl (C=O) groups is 1. The first-order chi connectivity index (χ1) is 15.6. The van der Waals surface area contributed by atoms with E-state index in [9.17, 15) is 4.79 Å². The van der Waals surface area contributed by atoms with Crippen LogP contribution in [0.4, 0.5) is 0 Å². The lowest BCUT2D eigenvalue weighted by atomic mass is 9.55. The van der Waals surface area contributed by atoms with Gasteiger partial charge in [-0.3, -0.25) is 9.69 Å². The Morgan fingerprint density at radius 1 is 1.19 bits per heavy atom. The van der Waals surface area contributed by atoms with Gasteiger partial charge in [0, 0.05) is 37.2 Å². The molecule has 2 fully saturated rings. The first-order valence-electron chi connectivity index (χ1n) is 11.4. The smallest absolute Gasteiger partial charge is 0.251 e. The molecule has 0 spiro atoms. The monoisotopic (exact) mass is 434 g/mol. The largest absolute Gasteiger partial charge is 0.497 e. The summed E-state index contributed by atoms with van der Waals surface area (Å²) in [6.45, 7) is 6.61. The Balaban J connectivity index is 1.68. The lowest BCUT2D eigenvalue weighted by Gasteiger charge is -2.59. The molecule has 0 aromatic heterocycles. The van der Waals surface area contributed by atoms with Crippen LogP contribution >= 0.6 is 0 Å². The summed E-state index contributed by atoms with van der Waals surface area (Å²) in [6.07, 6.45) is 5.54. The molecule has 2 aromatic carbocycles. The maximum atomic E-state index is 12.9. The van der Waals surface area contributed by atoms with Crippen LogP contribution in [-0.4, -0.2) is 56.3 Å². The zero-order valence-corrected chi connectivity index (χ0v) is 19.2. The highest BCUT2D eigenvalue weighted by Crippen LogP contribution is 2.53. The van der Waals surface area contributed by atoms with Gasteiger partial charge in [0.15, 0.2) is 0 Å². The molecule has 1 saturated heterocycles. The molecule has 0 radical (unpaired) electrons. The van der Waals surface area contributed by atoms with Crippen LogP contribution in [0, 0.1) is 0 Å². The Labute approximate surface area is 191 Å². The molecule has 0 unspecified atom stereocenters. The Bertz CT molecular complexity index is 947. The third kappa shape index (κ3) is 4.07. The van der Waals surface area contributed by atoms with Crippen LogP contribution < -0.4 is 10.1 Å². The van der Waals surface area contributed by atoms with Crippen molar-refractivity contribution in [3.63, 3.8) is 0 Å². The van der Waals surface area contributed by atoms with Crippen LogP contribution in [0.2, 0.25) is 0 Å². The van der Waals surface area contributed by atoms with Gasteiger partial charge >= 0.3 is 0 Å². The average molecular weight is 435 g/mol. The number of piperidine rings is 1. The van der Waals surface area contributed by atoms with E-state index in [0.717, 1.165) is 51.1 Å². The Morgan fingerprint density at radius 3 is 2.72 bits per heavy atom. The van der Waals surface area contributed by atoms with Crippen LogP contribution in [0.5, 0.6) is 5.75 Å². The highest BCUT2D eigenvalue weighted by molar-refractivity contribution is 5.94. The van der Waals surface area contributed by atoms with E-state index in [0.29, 0.717) is 5.56 Å². The third-order valence-corrected chi connectivity index (χ3v) is 7.47. The number of hydrogen-bond donors (Lipinski definition) is 1. The van der Waals surface area contributed by atoms with E-state index < -0.39 is 0 Å². The molecule has 5 nitrogen and oxygen atoms in total. The fourth-order valence-corrected chi connectivity index (χ4v) is 5.83. The minimum atomic E-state index is -0.325. The zero-order chi connectivity index (χ0) is 22.6. The van der Waals surface area contributed by atoms with Gasteiger partial charge < -0.3 is 14.8 Å². The maximum Gasteiger partial charge on any atom is 0.251 e. The average Bonchev–Trinajstić information content (AvgIpc) is 2.84. The van der Waals surface area contributed by atoms with Gasteiger partial charge in [-0.2, -0.15) is 0 Å². The van der Waals surface area contributed by atoms with E-state index >= 15 is 0 Å². The number of amides is 1. The molecule has 1 saturated carbocycles. The molecule has 1 N–H and O–H groups in total.